The third-order valence-corrected chi connectivity index (χ3v) is 7.51. The Morgan fingerprint density at radius 2 is 1.72 bits per heavy atom. The molecule has 0 fully saturated rings. The van der Waals surface area contributed by atoms with Gasteiger partial charge in [-0.3, -0.25) is 0 Å². The summed E-state index contributed by atoms with van der Waals surface area (Å²) in [4.78, 5) is 2.54. The van der Waals surface area contributed by atoms with E-state index in [0.29, 0.717) is 5.92 Å². The molecule has 2 heterocycles. The van der Waals surface area contributed by atoms with E-state index < -0.39 is 0 Å². The number of benzene rings is 2. The molecule has 2 aromatic carbocycles. The molecule has 3 aliphatic rings. The highest BCUT2D eigenvalue weighted by atomic mass is 15.2. The summed E-state index contributed by atoms with van der Waals surface area (Å²) in [6.45, 7) is 11.0. The molecule has 2 heteroatoms. The van der Waals surface area contributed by atoms with Crippen LogP contribution < -0.4 is 10.2 Å². The highest BCUT2D eigenvalue weighted by Gasteiger charge is 2.29. The molecule has 0 aromatic heterocycles. The number of dihydropyridines is 1. The number of nitrogens with one attached hydrogen (secondary N) is 1. The first-order valence-electron chi connectivity index (χ1n) is 13.3. The Labute approximate surface area is 217 Å². The van der Waals surface area contributed by atoms with Crippen molar-refractivity contribution in [1.29, 1.82) is 0 Å². The Balaban J connectivity index is 1.53. The zero-order valence-corrected chi connectivity index (χ0v) is 22.1. The van der Waals surface area contributed by atoms with Crippen LogP contribution in [0.1, 0.15) is 51.7 Å². The second kappa shape index (κ2) is 10.2. The van der Waals surface area contributed by atoms with E-state index >= 15 is 0 Å². The van der Waals surface area contributed by atoms with E-state index in [0.717, 1.165) is 25.9 Å². The first-order valence-corrected chi connectivity index (χ1v) is 13.3. The van der Waals surface area contributed by atoms with Crippen molar-refractivity contribution in [2.45, 2.75) is 40.5 Å². The predicted octanol–water partition coefficient (Wildman–Crippen LogP) is 8.30. The van der Waals surface area contributed by atoms with Gasteiger partial charge in [0.05, 0.1) is 5.69 Å². The summed E-state index contributed by atoms with van der Waals surface area (Å²) < 4.78 is 0. The van der Waals surface area contributed by atoms with Crippen LogP contribution in [-0.4, -0.2) is 13.1 Å². The van der Waals surface area contributed by atoms with Gasteiger partial charge in [0.2, 0.25) is 0 Å². The van der Waals surface area contributed by atoms with Gasteiger partial charge in [0.15, 0.2) is 0 Å². The van der Waals surface area contributed by atoms with Crippen molar-refractivity contribution in [2.24, 2.45) is 11.3 Å². The van der Waals surface area contributed by atoms with E-state index in [2.05, 4.69) is 135 Å². The molecule has 0 amide bonds. The van der Waals surface area contributed by atoms with Crippen LogP contribution >= 0.6 is 0 Å². The fourth-order valence-electron chi connectivity index (χ4n) is 5.30. The van der Waals surface area contributed by atoms with Crippen molar-refractivity contribution in [3.05, 3.63) is 125 Å². The summed E-state index contributed by atoms with van der Waals surface area (Å²) in [5.41, 5.74) is 10.8. The highest BCUT2D eigenvalue weighted by molar-refractivity contribution is 5.80. The standard InChI is InChI=1S/C34H38N2/c1-5-25-18-19-31(35-24-25)30-16-9-10-17-32(30)36-21-20-29(34(2,3)4)23-33(36)28-15-11-14-27(22-28)26-12-7-6-8-13-26/h6-20,23,28,35H,5,21-22,24H2,1-4H3. The maximum absolute atomic E-state index is 3.68. The Morgan fingerprint density at radius 3 is 2.44 bits per heavy atom. The smallest absolute Gasteiger partial charge is 0.0505 e. The molecule has 36 heavy (non-hydrogen) atoms. The van der Waals surface area contributed by atoms with Crippen LogP contribution in [0.15, 0.2) is 114 Å². The molecule has 2 aliphatic heterocycles. The molecule has 1 atom stereocenters. The lowest BCUT2D eigenvalue weighted by Gasteiger charge is -2.38. The van der Waals surface area contributed by atoms with Crippen LogP contribution in [0.2, 0.25) is 0 Å². The van der Waals surface area contributed by atoms with Crippen LogP contribution in [0.5, 0.6) is 0 Å². The number of anilines is 1. The zero-order valence-electron chi connectivity index (χ0n) is 22.1. The topological polar surface area (TPSA) is 15.3 Å². The highest BCUT2D eigenvalue weighted by Crippen LogP contribution is 2.41. The van der Waals surface area contributed by atoms with Gasteiger partial charge in [0, 0.05) is 36.0 Å². The Hall–Kier alpha value is -3.52. The molecule has 0 spiro atoms. The molecule has 1 N–H and O–H groups in total. The molecular formula is C34H38N2. The summed E-state index contributed by atoms with van der Waals surface area (Å²) in [7, 11) is 0. The largest absolute Gasteiger partial charge is 0.381 e. The molecule has 184 valence electrons. The number of para-hydroxylation sites is 1. The zero-order chi connectivity index (χ0) is 25.1. The molecule has 2 aromatic rings. The fourth-order valence-corrected chi connectivity index (χ4v) is 5.30. The number of hydrogen-bond donors (Lipinski definition) is 1. The van der Waals surface area contributed by atoms with Crippen LogP contribution in [0.25, 0.3) is 11.3 Å². The summed E-state index contributed by atoms with van der Waals surface area (Å²) in [6, 6.07) is 19.7. The Morgan fingerprint density at radius 1 is 0.944 bits per heavy atom. The monoisotopic (exact) mass is 474 g/mol. The minimum atomic E-state index is 0.113. The quantitative estimate of drug-likeness (QED) is 0.469. The van der Waals surface area contributed by atoms with Crippen molar-refractivity contribution in [3.8, 4) is 0 Å². The van der Waals surface area contributed by atoms with Gasteiger partial charge in [0.25, 0.3) is 0 Å². The van der Waals surface area contributed by atoms with Crippen molar-refractivity contribution in [2.75, 3.05) is 18.0 Å². The summed E-state index contributed by atoms with van der Waals surface area (Å²) >= 11 is 0. The van der Waals surface area contributed by atoms with Crippen LogP contribution in [0.4, 0.5) is 5.69 Å². The molecule has 0 saturated heterocycles. The van der Waals surface area contributed by atoms with Crippen LogP contribution in [0.3, 0.4) is 0 Å². The number of allylic oxidation sites excluding steroid dienone is 8. The molecule has 2 nitrogen and oxygen atoms in total. The summed E-state index contributed by atoms with van der Waals surface area (Å²) in [6.07, 6.45) is 18.4. The van der Waals surface area contributed by atoms with Gasteiger partial charge in [-0.1, -0.05) is 112 Å². The Bertz CT molecular complexity index is 1290. The van der Waals surface area contributed by atoms with E-state index in [4.69, 9.17) is 0 Å². The summed E-state index contributed by atoms with van der Waals surface area (Å²) in [5, 5.41) is 3.68. The van der Waals surface area contributed by atoms with Crippen molar-refractivity contribution in [1.82, 2.24) is 5.32 Å². The van der Waals surface area contributed by atoms with Gasteiger partial charge >= 0.3 is 0 Å². The van der Waals surface area contributed by atoms with Crippen LogP contribution in [0, 0.1) is 11.3 Å². The number of nitrogens with zero attached hydrogens (tertiary/aromatic N) is 1. The minimum Gasteiger partial charge on any atom is -0.381 e. The number of hydrogen-bond acceptors (Lipinski definition) is 2. The first kappa shape index (κ1) is 24.2. The lowest BCUT2D eigenvalue weighted by atomic mass is 9.80. The van der Waals surface area contributed by atoms with Crippen LogP contribution in [-0.2, 0) is 0 Å². The molecule has 0 radical (unpaired) electrons. The van der Waals surface area contributed by atoms with Crippen molar-refractivity contribution >= 4 is 17.0 Å². The third-order valence-electron chi connectivity index (χ3n) is 7.51. The molecular weight excluding hydrogens is 436 g/mol. The second-order valence-corrected chi connectivity index (χ2v) is 11.0. The maximum Gasteiger partial charge on any atom is 0.0505 e. The van der Waals surface area contributed by atoms with E-state index in [1.807, 2.05) is 0 Å². The predicted molar refractivity (Wildman–Crippen MR) is 155 cm³/mol. The van der Waals surface area contributed by atoms with Crippen molar-refractivity contribution in [3.63, 3.8) is 0 Å². The van der Waals surface area contributed by atoms with E-state index in [9.17, 15) is 0 Å². The second-order valence-electron chi connectivity index (χ2n) is 11.0. The van der Waals surface area contributed by atoms with Gasteiger partial charge in [-0.05, 0) is 53.2 Å². The van der Waals surface area contributed by atoms with E-state index in [-0.39, 0.29) is 5.41 Å². The normalized spacial score (nSPS) is 20.1. The molecule has 0 saturated carbocycles. The molecule has 0 bridgehead atoms. The molecule has 1 aliphatic carbocycles. The molecule has 1 unspecified atom stereocenters. The third kappa shape index (κ3) is 5.04. The number of rotatable bonds is 5. The lowest BCUT2D eigenvalue weighted by Crippen LogP contribution is -2.33. The fraction of sp³-hybridized carbons (Fsp3) is 0.294. The average molecular weight is 475 g/mol. The SMILES string of the molecule is CCC1=CC=C(c2ccccc2N2CC=C(C(C)(C)C)C=C2C2C=CC=C(c3ccccc3)C2)NC1. The average Bonchev–Trinajstić information content (AvgIpc) is 2.93. The lowest BCUT2D eigenvalue weighted by molar-refractivity contribution is 0.509. The maximum atomic E-state index is 3.68. The minimum absolute atomic E-state index is 0.113. The van der Waals surface area contributed by atoms with Gasteiger partial charge in [0.1, 0.15) is 0 Å². The van der Waals surface area contributed by atoms with Gasteiger partial charge in [-0.25, -0.2) is 0 Å². The van der Waals surface area contributed by atoms with E-state index in [1.165, 1.54) is 44.9 Å². The van der Waals surface area contributed by atoms with Gasteiger partial charge in [-0.15, -0.1) is 0 Å². The first-order chi connectivity index (χ1) is 17.4. The van der Waals surface area contributed by atoms with E-state index in [1.54, 1.807) is 0 Å². The van der Waals surface area contributed by atoms with Gasteiger partial charge < -0.3 is 10.2 Å². The summed E-state index contributed by atoms with van der Waals surface area (Å²) in [5.74, 6) is 0.323. The molecule has 5 rings (SSSR count). The van der Waals surface area contributed by atoms with Gasteiger partial charge in [-0.2, -0.15) is 0 Å². The Kier molecular flexibility index (Phi) is 6.87. The van der Waals surface area contributed by atoms with Crippen molar-refractivity contribution < 1.29 is 0 Å².